The zero-order valence-corrected chi connectivity index (χ0v) is 16.1. The Balaban J connectivity index is 2.10. The van der Waals surface area contributed by atoms with Gasteiger partial charge in [0.2, 0.25) is 0 Å². The molecule has 0 amide bonds. The van der Waals surface area contributed by atoms with Crippen LogP contribution in [0.25, 0.3) is 0 Å². The number of nitrogens with one attached hydrogen (secondary N) is 1. The van der Waals surface area contributed by atoms with Gasteiger partial charge in [0, 0.05) is 30.9 Å². The molecule has 0 bridgehead atoms. The zero-order valence-electron chi connectivity index (χ0n) is 16.1. The highest BCUT2D eigenvalue weighted by molar-refractivity contribution is 5.70. The highest BCUT2D eigenvalue weighted by Crippen LogP contribution is 2.30. The average Bonchev–Trinajstić information content (AvgIpc) is 2.68. The Kier molecular flexibility index (Phi) is 8.28. The van der Waals surface area contributed by atoms with E-state index in [-0.39, 0.29) is 19.6 Å². The fourth-order valence-electron chi connectivity index (χ4n) is 3.36. The van der Waals surface area contributed by atoms with E-state index in [1.807, 2.05) is 35.2 Å². The number of hydrogen-bond donors (Lipinski definition) is 7. The van der Waals surface area contributed by atoms with Crippen molar-refractivity contribution >= 4 is 11.4 Å². The molecule has 1 aliphatic rings. The molecule has 1 unspecified atom stereocenters. The first-order valence-corrected chi connectivity index (χ1v) is 9.50. The van der Waals surface area contributed by atoms with E-state index < -0.39 is 11.8 Å². The molecule has 28 heavy (non-hydrogen) atoms. The molecule has 0 aromatic heterocycles. The van der Waals surface area contributed by atoms with Crippen molar-refractivity contribution in [3.05, 3.63) is 47.7 Å². The van der Waals surface area contributed by atoms with E-state index in [4.69, 9.17) is 21.7 Å². The third-order valence-corrected chi connectivity index (χ3v) is 4.89. The number of allylic oxidation sites excluding steroid dienone is 1. The van der Waals surface area contributed by atoms with E-state index >= 15 is 0 Å². The standard InChI is InChI=1S/C20H32N4O4/c21-16-5-7-20(22,8-6-19(27)28)13-15(16)14-23-17-3-1-2-4-18(17)24(9-11-25)10-12-26/h1-5,7,19,23,25-28H,6,8-14,21-22H2. The normalized spacial score (nSPS) is 19.4. The number of aliphatic hydroxyl groups is 4. The second kappa shape index (κ2) is 10.4. The molecule has 8 heteroatoms. The molecule has 1 aliphatic carbocycles. The molecular weight excluding hydrogens is 360 g/mol. The van der Waals surface area contributed by atoms with Crippen LogP contribution in [0.5, 0.6) is 0 Å². The van der Waals surface area contributed by atoms with Gasteiger partial charge in [-0.15, -0.1) is 0 Å². The van der Waals surface area contributed by atoms with E-state index in [0.717, 1.165) is 16.9 Å². The minimum absolute atomic E-state index is 0.0103. The number of benzene rings is 1. The summed E-state index contributed by atoms with van der Waals surface area (Å²) in [5, 5.41) is 40.2. The highest BCUT2D eigenvalue weighted by Gasteiger charge is 2.27. The lowest BCUT2D eigenvalue weighted by Crippen LogP contribution is -2.41. The van der Waals surface area contributed by atoms with E-state index in [1.54, 1.807) is 6.08 Å². The van der Waals surface area contributed by atoms with Gasteiger partial charge in [-0.3, -0.25) is 0 Å². The molecule has 9 N–H and O–H groups in total. The summed E-state index contributed by atoms with van der Waals surface area (Å²) in [6.45, 7) is 1.30. The summed E-state index contributed by atoms with van der Waals surface area (Å²) in [6.07, 6.45) is 3.38. The Hall–Kier alpha value is -2.10. The topological polar surface area (TPSA) is 148 Å². The van der Waals surface area contributed by atoms with Crippen molar-refractivity contribution in [3.8, 4) is 0 Å². The van der Waals surface area contributed by atoms with Crippen molar-refractivity contribution in [1.29, 1.82) is 0 Å². The van der Waals surface area contributed by atoms with Gasteiger partial charge in [-0.2, -0.15) is 0 Å². The summed E-state index contributed by atoms with van der Waals surface area (Å²) in [7, 11) is 0. The van der Waals surface area contributed by atoms with Gasteiger partial charge in [-0.05, 0) is 43.0 Å². The van der Waals surface area contributed by atoms with Crippen LogP contribution in [-0.4, -0.2) is 65.1 Å². The fraction of sp³-hybridized carbons (Fsp3) is 0.500. The summed E-state index contributed by atoms with van der Waals surface area (Å²) >= 11 is 0. The molecule has 156 valence electrons. The molecule has 0 saturated heterocycles. The number of rotatable bonds is 11. The average molecular weight is 393 g/mol. The molecule has 2 rings (SSSR count). The predicted octanol–water partition coefficient (Wildman–Crippen LogP) is -0.149. The molecule has 1 aromatic rings. The second-order valence-electron chi connectivity index (χ2n) is 7.13. The summed E-state index contributed by atoms with van der Waals surface area (Å²) < 4.78 is 0. The lowest BCUT2D eigenvalue weighted by molar-refractivity contribution is -0.0488. The van der Waals surface area contributed by atoms with Gasteiger partial charge in [0.05, 0.1) is 24.6 Å². The van der Waals surface area contributed by atoms with Gasteiger partial charge in [-0.25, -0.2) is 0 Å². The maximum Gasteiger partial charge on any atom is 0.151 e. The van der Waals surface area contributed by atoms with E-state index in [0.29, 0.717) is 38.2 Å². The quantitative estimate of drug-likeness (QED) is 0.257. The SMILES string of the molecule is NC1=C(CNc2ccccc2N(CCO)CCO)CC(N)(CCC(O)O)C=C1. The van der Waals surface area contributed by atoms with Crippen LogP contribution in [0.1, 0.15) is 19.3 Å². The first-order valence-electron chi connectivity index (χ1n) is 9.50. The summed E-state index contributed by atoms with van der Waals surface area (Å²) in [5.74, 6) is 0. The fourth-order valence-corrected chi connectivity index (χ4v) is 3.36. The Bertz CT molecular complexity index is 687. The molecule has 0 aliphatic heterocycles. The second-order valence-corrected chi connectivity index (χ2v) is 7.13. The van der Waals surface area contributed by atoms with Crippen LogP contribution in [0.4, 0.5) is 11.4 Å². The minimum Gasteiger partial charge on any atom is -0.399 e. The smallest absolute Gasteiger partial charge is 0.151 e. The zero-order chi connectivity index (χ0) is 20.6. The Morgan fingerprint density at radius 1 is 1.14 bits per heavy atom. The highest BCUT2D eigenvalue weighted by atomic mass is 16.5. The summed E-state index contributed by atoms with van der Waals surface area (Å²) in [5.41, 5.74) is 15.2. The van der Waals surface area contributed by atoms with Crippen molar-refractivity contribution < 1.29 is 20.4 Å². The predicted molar refractivity (Wildman–Crippen MR) is 111 cm³/mol. The van der Waals surface area contributed by atoms with E-state index in [1.165, 1.54) is 0 Å². The molecular formula is C20H32N4O4. The van der Waals surface area contributed by atoms with Crippen LogP contribution in [0.15, 0.2) is 47.7 Å². The van der Waals surface area contributed by atoms with Crippen molar-refractivity contribution in [2.24, 2.45) is 11.5 Å². The molecule has 0 heterocycles. The lowest BCUT2D eigenvalue weighted by atomic mass is 9.82. The number of hydrogen-bond acceptors (Lipinski definition) is 8. The molecule has 8 nitrogen and oxygen atoms in total. The molecule has 1 aromatic carbocycles. The minimum atomic E-state index is -1.38. The Labute approximate surface area is 165 Å². The van der Waals surface area contributed by atoms with Gasteiger partial charge in [0.1, 0.15) is 0 Å². The van der Waals surface area contributed by atoms with Crippen LogP contribution in [-0.2, 0) is 0 Å². The molecule has 0 radical (unpaired) electrons. The van der Waals surface area contributed by atoms with Gasteiger partial charge in [0.25, 0.3) is 0 Å². The van der Waals surface area contributed by atoms with Gasteiger partial charge < -0.3 is 42.1 Å². The Morgan fingerprint density at radius 2 is 1.82 bits per heavy atom. The largest absolute Gasteiger partial charge is 0.399 e. The molecule has 0 fully saturated rings. The lowest BCUT2D eigenvalue weighted by Gasteiger charge is -2.32. The van der Waals surface area contributed by atoms with Crippen LogP contribution in [0, 0.1) is 0 Å². The summed E-state index contributed by atoms with van der Waals surface area (Å²) in [6, 6.07) is 7.69. The van der Waals surface area contributed by atoms with Crippen LogP contribution < -0.4 is 21.7 Å². The van der Waals surface area contributed by atoms with Gasteiger partial charge in [-0.1, -0.05) is 18.2 Å². The maximum absolute atomic E-state index is 9.31. The molecule has 0 spiro atoms. The first kappa shape index (κ1) is 22.2. The van der Waals surface area contributed by atoms with Gasteiger partial charge >= 0.3 is 0 Å². The van der Waals surface area contributed by atoms with Crippen LogP contribution in [0.2, 0.25) is 0 Å². The number of para-hydroxylation sites is 2. The number of aliphatic hydroxyl groups excluding tert-OH is 3. The van der Waals surface area contributed by atoms with Crippen LogP contribution >= 0.6 is 0 Å². The summed E-state index contributed by atoms with van der Waals surface area (Å²) in [4.78, 5) is 1.91. The first-order chi connectivity index (χ1) is 13.4. The maximum atomic E-state index is 9.31. The molecule has 0 saturated carbocycles. The van der Waals surface area contributed by atoms with Crippen LogP contribution in [0.3, 0.4) is 0 Å². The van der Waals surface area contributed by atoms with E-state index in [9.17, 15) is 10.2 Å². The monoisotopic (exact) mass is 392 g/mol. The van der Waals surface area contributed by atoms with Crippen molar-refractivity contribution in [1.82, 2.24) is 0 Å². The van der Waals surface area contributed by atoms with Crippen molar-refractivity contribution in [2.75, 3.05) is 43.1 Å². The Morgan fingerprint density at radius 3 is 2.46 bits per heavy atom. The number of nitrogens with two attached hydrogens (primary N) is 2. The number of nitrogens with zero attached hydrogens (tertiary/aromatic N) is 1. The van der Waals surface area contributed by atoms with Crippen molar-refractivity contribution in [2.45, 2.75) is 31.1 Å². The van der Waals surface area contributed by atoms with E-state index in [2.05, 4.69) is 5.32 Å². The van der Waals surface area contributed by atoms with Crippen molar-refractivity contribution in [3.63, 3.8) is 0 Å². The van der Waals surface area contributed by atoms with Gasteiger partial charge in [0.15, 0.2) is 6.29 Å². The number of anilines is 2. The molecule has 1 atom stereocenters. The third-order valence-electron chi connectivity index (χ3n) is 4.89. The third kappa shape index (κ3) is 6.22.